The van der Waals surface area contributed by atoms with Crippen molar-refractivity contribution in [3.8, 4) is 0 Å². The van der Waals surface area contributed by atoms with Crippen molar-refractivity contribution in [1.29, 1.82) is 0 Å². The maximum Gasteiger partial charge on any atom is 0.335 e. The number of nitrogens with zero attached hydrogens (tertiary/aromatic N) is 2. The van der Waals surface area contributed by atoms with Crippen LogP contribution in [0.2, 0.25) is 0 Å². The molecule has 3 rings (SSSR count). The van der Waals surface area contributed by atoms with Crippen molar-refractivity contribution in [2.45, 2.75) is 19.8 Å². The Labute approximate surface area is 164 Å². The summed E-state index contributed by atoms with van der Waals surface area (Å²) in [6, 6.07) is 13.9. The molecular formula is C22H23N3O3. The minimum atomic E-state index is -0.743. The van der Waals surface area contributed by atoms with E-state index in [0.717, 1.165) is 16.2 Å². The summed E-state index contributed by atoms with van der Waals surface area (Å²) in [6.07, 6.45) is 1.50. The second-order valence-corrected chi connectivity index (χ2v) is 7.19. The van der Waals surface area contributed by atoms with E-state index in [1.807, 2.05) is 55.4 Å². The minimum absolute atomic E-state index is 0.0786. The first kappa shape index (κ1) is 19.4. The van der Waals surface area contributed by atoms with E-state index in [0.29, 0.717) is 17.2 Å². The zero-order valence-electron chi connectivity index (χ0n) is 16.4. The number of barbiturate groups is 1. The number of amides is 4. The third-order valence-corrected chi connectivity index (χ3v) is 4.64. The largest absolute Gasteiger partial charge is 0.378 e. The lowest BCUT2D eigenvalue weighted by Gasteiger charge is -2.26. The monoisotopic (exact) mass is 377 g/mol. The van der Waals surface area contributed by atoms with E-state index in [1.165, 1.54) is 6.08 Å². The molecule has 0 bridgehead atoms. The zero-order chi connectivity index (χ0) is 20.4. The van der Waals surface area contributed by atoms with Crippen molar-refractivity contribution >= 4 is 35.3 Å². The first-order valence-corrected chi connectivity index (χ1v) is 9.06. The van der Waals surface area contributed by atoms with Crippen molar-refractivity contribution in [3.63, 3.8) is 0 Å². The van der Waals surface area contributed by atoms with Gasteiger partial charge in [-0.2, -0.15) is 0 Å². The van der Waals surface area contributed by atoms with E-state index in [2.05, 4.69) is 19.2 Å². The number of hydrogen-bond acceptors (Lipinski definition) is 4. The average Bonchev–Trinajstić information content (AvgIpc) is 2.65. The van der Waals surface area contributed by atoms with Crippen molar-refractivity contribution in [3.05, 3.63) is 65.2 Å². The fourth-order valence-corrected chi connectivity index (χ4v) is 2.94. The van der Waals surface area contributed by atoms with Gasteiger partial charge in [-0.25, -0.2) is 9.69 Å². The van der Waals surface area contributed by atoms with Crippen LogP contribution in [0.1, 0.15) is 30.9 Å². The SMILES string of the molecule is CC(C)c1ccc(N2C(=O)NC(=O)C(=Cc3ccc(N(C)C)cc3)C2=O)cc1. The highest BCUT2D eigenvalue weighted by Crippen LogP contribution is 2.24. The maximum absolute atomic E-state index is 12.9. The third kappa shape index (κ3) is 3.81. The molecule has 6 heteroatoms. The average molecular weight is 377 g/mol. The van der Waals surface area contributed by atoms with Crippen LogP contribution in [0.3, 0.4) is 0 Å². The number of hydrogen-bond donors (Lipinski definition) is 1. The predicted octanol–water partition coefficient (Wildman–Crippen LogP) is 3.54. The Bertz CT molecular complexity index is 942. The highest BCUT2D eigenvalue weighted by Gasteiger charge is 2.36. The lowest BCUT2D eigenvalue weighted by molar-refractivity contribution is -0.122. The lowest BCUT2D eigenvalue weighted by Crippen LogP contribution is -2.54. The molecule has 1 aliphatic heterocycles. The summed E-state index contributed by atoms with van der Waals surface area (Å²) in [5, 5.41) is 2.25. The topological polar surface area (TPSA) is 69.7 Å². The van der Waals surface area contributed by atoms with E-state index in [1.54, 1.807) is 12.1 Å². The van der Waals surface area contributed by atoms with Gasteiger partial charge in [0.1, 0.15) is 5.57 Å². The molecule has 4 amide bonds. The van der Waals surface area contributed by atoms with E-state index in [4.69, 9.17) is 0 Å². The number of anilines is 2. The Balaban J connectivity index is 1.93. The van der Waals surface area contributed by atoms with Crippen LogP contribution in [-0.4, -0.2) is 31.9 Å². The van der Waals surface area contributed by atoms with Crippen LogP contribution in [-0.2, 0) is 9.59 Å². The molecule has 2 aromatic carbocycles. The van der Waals surface area contributed by atoms with Crippen LogP contribution in [0.25, 0.3) is 6.08 Å². The van der Waals surface area contributed by atoms with Crippen molar-refractivity contribution in [2.24, 2.45) is 0 Å². The molecule has 0 aromatic heterocycles. The molecule has 0 atom stereocenters. The van der Waals surface area contributed by atoms with Gasteiger partial charge in [-0.1, -0.05) is 38.1 Å². The molecule has 28 heavy (non-hydrogen) atoms. The Morgan fingerprint density at radius 1 is 0.929 bits per heavy atom. The molecule has 1 N–H and O–H groups in total. The summed E-state index contributed by atoms with van der Waals surface area (Å²) in [6.45, 7) is 4.13. The van der Waals surface area contributed by atoms with E-state index in [9.17, 15) is 14.4 Å². The Hall–Kier alpha value is -3.41. The van der Waals surface area contributed by atoms with E-state index >= 15 is 0 Å². The van der Waals surface area contributed by atoms with Crippen LogP contribution < -0.4 is 15.1 Å². The number of rotatable bonds is 4. The number of imide groups is 2. The molecule has 0 radical (unpaired) electrons. The number of nitrogens with one attached hydrogen (secondary N) is 1. The van der Waals surface area contributed by atoms with Crippen LogP contribution >= 0.6 is 0 Å². The molecule has 0 unspecified atom stereocenters. The van der Waals surface area contributed by atoms with Crippen LogP contribution in [0, 0.1) is 0 Å². The molecule has 2 aromatic rings. The van der Waals surface area contributed by atoms with Crippen LogP contribution in [0.5, 0.6) is 0 Å². The van der Waals surface area contributed by atoms with Crippen LogP contribution in [0.15, 0.2) is 54.1 Å². The molecular weight excluding hydrogens is 354 g/mol. The fraction of sp³-hybridized carbons (Fsp3) is 0.227. The van der Waals surface area contributed by atoms with E-state index in [-0.39, 0.29) is 5.57 Å². The zero-order valence-corrected chi connectivity index (χ0v) is 16.4. The molecule has 6 nitrogen and oxygen atoms in total. The summed E-state index contributed by atoms with van der Waals surface area (Å²) in [7, 11) is 3.86. The van der Waals surface area contributed by atoms with Gasteiger partial charge in [-0.05, 0) is 47.4 Å². The lowest BCUT2D eigenvalue weighted by atomic mass is 10.0. The van der Waals surface area contributed by atoms with Crippen molar-refractivity contribution in [1.82, 2.24) is 5.32 Å². The highest BCUT2D eigenvalue weighted by atomic mass is 16.2. The molecule has 0 aliphatic carbocycles. The number of carbonyl (C=O) groups excluding carboxylic acids is 3. The number of benzene rings is 2. The van der Waals surface area contributed by atoms with Gasteiger partial charge in [0.05, 0.1) is 5.69 Å². The molecule has 0 spiro atoms. The van der Waals surface area contributed by atoms with Gasteiger partial charge in [-0.3, -0.25) is 14.9 Å². The normalized spacial score (nSPS) is 16.0. The van der Waals surface area contributed by atoms with Gasteiger partial charge in [0.25, 0.3) is 11.8 Å². The third-order valence-electron chi connectivity index (χ3n) is 4.64. The smallest absolute Gasteiger partial charge is 0.335 e. The molecule has 144 valence electrons. The second kappa shape index (κ2) is 7.68. The van der Waals surface area contributed by atoms with Gasteiger partial charge >= 0.3 is 6.03 Å². The van der Waals surface area contributed by atoms with Crippen molar-refractivity contribution in [2.75, 3.05) is 23.9 Å². The van der Waals surface area contributed by atoms with Gasteiger partial charge in [0.15, 0.2) is 0 Å². The van der Waals surface area contributed by atoms with Crippen LogP contribution in [0.4, 0.5) is 16.2 Å². The minimum Gasteiger partial charge on any atom is -0.378 e. The summed E-state index contributed by atoms with van der Waals surface area (Å²) in [5.41, 5.74) is 3.15. The number of urea groups is 1. The Kier molecular flexibility index (Phi) is 5.31. The molecule has 1 saturated heterocycles. The summed E-state index contributed by atoms with van der Waals surface area (Å²) >= 11 is 0. The van der Waals surface area contributed by atoms with Gasteiger partial charge in [0, 0.05) is 19.8 Å². The quantitative estimate of drug-likeness (QED) is 0.654. The standard InChI is InChI=1S/C22H23N3O3/c1-14(2)16-7-11-18(12-8-16)25-21(27)19(20(26)23-22(25)28)13-15-5-9-17(10-6-15)24(3)4/h5-14H,1-4H3,(H,23,26,28). The Morgan fingerprint density at radius 2 is 1.54 bits per heavy atom. The molecule has 0 saturated carbocycles. The van der Waals surface area contributed by atoms with E-state index < -0.39 is 17.8 Å². The first-order chi connectivity index (χ1) is 13.3. The van der Waals surface area contributed by atoms with Crippen molar-refractivity contribution < 1.29 is 14.4 Å². The molecule has 1 aliphatic rings. The van der Waals surface area contributed by atoms with Gasteiger partial charge in [-0.15, -0.1) is 0 Å². The summed E-state index contributed by atoms with van der Waals surface area (Å²) in [4.78, 5) is 40.4. The van der Waals surface area contributed by atoms with Gasteiger partial charge < -0.3 is 4.90 Å². The maximum atomic E-state index is 12.9. The summed E-state index contributed by atoms with van der Waals surface area (Å²) < 4.78 is 0. The van der Waals surface area contributed by atoms with Gasteiger partial charge in [0.2, 0.25) is 0 Å². The highest BCUT2D eigenvalue weighted by molar-refractivity contribution is 6.39. The summed E-state index contributed by atoms with van der Waals surface area (Å²) in [5.74, 6) is -0.994. The Morgan fingerprint density at radius 3 is 2.07 bits per heavy atom. The first-order valence-electron chi connectivity index (χ1n) is 9.06. The predicted molar refractivity (Wildman–Crippen MR) is 110 cm³/mol. The fourth-order valence-electron chi connectivity index (χ4n) is 2.94. The molecule has 1 heterocycles. The molecule has 1 fully saturated rings. The second-order valence-electron chi connectivity index (χ2n) is 7.19. The number of carbonyl (C=O) groups is 3.